The van der Waals surface area contributed by atoms with E-state index in [1.54, 1.807) is 18.5 Å². The summed E-state index contributed by atoms with van der Waals surface area (Å²) in [5.74, 6) is 0. The van der Waals surface area contributed by atoms with Gasteiger partial charge in [0.2, 0.25) is 10.0 Å². The summed E-state index contributed by atoms with van der Waals surface area (Å²) in [6.45, 7) is 7.91. The fraction of sp³-hybridized carbons (Fsp3) is 0.769. The summed E-state index contributed by atoms with van der Waals surface area (Å²) >= 11 is 0. The van der Waals surface area contributed by atoms with Gasteiger partial charge in [-0.05, 0) is 34.1 Å². The Morgan fingerprint density at radius 3 is 2.62 bits per heavy atom. The third-order valence-corrected chi connectivity index (χ3v) is 5.39. The van der Waals surface area contributed by atoms with Gasteiger partial charge in [0.25, 0.3) is 0 Å². The van der Waals surface area contributed by atoms with Crippen LogP contribution in [0.15, 0.2) is 4.90 Å². The van der Waals surface area contributed by atoms with Crippen molar-refractivity contribution in [2.75, 3.05) is 13.2 Å². The van der Waals surface area contributed by atoms with E-state index in [1.807, 2.05) is 13.8 Å². The van der Waals surface area contributed by atoms with Crippen LogP contribution < -0.4 is 4.72 Å². The first-order chi connectivity index (χ1) is 9.74. The van der Waals surface area contributed by atoms with Crippen LogP contribution in [0.25, 0.3) is 0 Å². The van der Waals surface area contributed by atoms with Crippen molar-refractivity contribution in [3.63, 3.8) is 0 Å². The van der Waals surface area contributed by atoms with Crippen LogP contribution in [0.5, 0.6) is 0 Å². The number of hydrogen-bond donors (Lipinski definition) is 2. The van der Waals surface area contributed by atoms with Crippen molar-refractivity contribution in [3.8, 4) is 0 Å². The summed E-state index contributed by atoms with van der Waals surface area (Å²) < 4.78 is 34.6. The van der Waals surface area contributed by atoms with Gasteiger partial charge in [0.05, 0.1) is 30.1 Å². The molecule has 2 atom stereocenters. The molecule has 1 saturated heterocycles. The number of nitrogens with one attached hydrogen (secondary N) is 1. The second-order valence-corrected chi connectivity index (χ2v) is 7.35. The van der Waals surface area contributed by atoms with Crippen LogP contribution in [0, 0.1) is 13.8 Å². The maximum Gasteiger partial charge on any atom is 0.244 e. The van der Waals surface area contributed by atoms with Gasteiger partial charge >= 0.3 is 0 Å². The molecule has 2 rings (SSSR count). The number of ether oxygens (including phenoxy) is 1. The Bertz CT molecular complexity index is 609. The number of aromatic nitrogens is 2. The monoisotopic (exact) mass is 317 g/mol. The molecule has 0 spiro atoms. The molecular weight excluding hydrogens is 294 g/mol. The van der Waals surface area contributed by atoms with E-state index < -0.39 is 22.2 Å². The second-order valence-electron chi connectivity index (χ2n) is 5.70. The number of sulfonamides is 1. The van der Waals surface area contributed by atoms with Crippen molar-refractivity contribution in [2.45, 2.75) is 57.2 Å². The topological polar surface area (TPSA) is 93.5 Å². The molecule has 0 saturated carbocycles. The van der Waals surface area contributed by atoms with Crippen LogP contribution >= 0.6 is 0 Å². The van der Waals surface area contributed by atoms with Gasteiger partial charge in [-0.2, -0.15) is 5.10 Å². The Hall–Kier alpha value is -0.960. The predicted molar refractivity (Wildman–Crippen MR) is 77.6 cm³/mol. The smallest absolute Gasteiger partial charge is 0.244 e. The summed E-state index contributed by atoms with van der Waals surface area (Å²) in [7, 11) is -3.72. The van der Waals surface area contributed by atoms with Crippen molar-refractivity contribution in [3.05, 3.63) is 11.4 Å². The minimum absolute atomic E-state index is 0.0846. The van der Waals surface area contributed by atoms with Crippen molar-refractivity contribution in [1.29, 1.82) is 0 Å². The number of aliphatic hydroxyl groups is 1. The molecule has 0 bridgehead atoms. The summed E-state index contributed by atoms with van der Waals surface area (Å²) in [6.07, 6.45) is -0.370. The minimum Gasteiger partial charge on any atom is -0.389 e. The first kappa shape index (κ1) is 16.4. The highest BCUT2D eigenvalue weighted by Gasteiger charge is 2.32. The van der Waals surface area contributed by atoms with Gasteiger partial charge in [0.1, 0.15) is 4.90 Å². The van der Waals surface area contributed by atoms with E-state index in [2.05, 4.69) is 9.82 Å². The molecule has 1 aliphatic rings. The molecule has 7 nitrogen and oxygen atoms in total. The second kappa shape index (κ2) is 6.04. The molecule has 2 N–H and O–H groups in total. The van der Waals surface area contributed by atoms with Crippen LogP contribution in [-0.4, -0.2) is 48.7 Å². The lowest BCUT2D eigenvalue weighted by Gasteiger charge is -2.28. The van der Waals surface area contributed by atoms with E-state index in [9.17, 15) is 13.5 Å². The van der Waals surface area contributed by atoms with Gasteiger partial charge in [-0.3, -0.25) is 4.68 Å². The van der Waals surface area contributed by atoms with E-state index in [0.29, 0.717) is 24.4 Å². The molecular formula is C13H23N3O4S. The Morgan fingerprint density at radius 1 is 1.43 bits per heavy atom. The van der Waals surface area contributed by atoms with Gasteiger partial charge in [0.15, 0.2) is 0 Å². The molecule has 8 heteroatoms. The van der Waals surface area contributed by atoms with Crippen LogP contribution in [0.1, 0.15) is 37.7 Å². The van der Waals surface area contributed by atoms with Gasteiger partial charge in [-0.15, -0.1) is 0 Å². The summed E-state index contributed by atoms with van der Waals surface area (Å²) in [5.41, 5.74) is 1.08. The van der Waals surface area contributed by atoms with Gasteiger partial charge in [-0.25, -0.2) is 13.1 Å². The zero-order valence-corrected chi connectivity index (χ0v) is 13.6. The van der Waals surface area contributed by atoms with E-state index in [1.165, 1.54) is 0 Å². The molecule has 1 aromatic heterocycles. The Kier molecular flexibility index (Phi) is 4.72. The number of nitrogens with zero attached hydrogens (tertiary/aromatic N) is 2. The van der Waals surface area contributed by atoms with Crippen molar-refractivity contribution in [1.82, 2.24) is 14.5 Å². The standard InChI is InChI=1S/C13H23N3O4S/c1-8(2)16-10(4)13(9(3)14-16)21(18,19)15-11-5-6-20-7-12(11)17/h8,11-12,15,17H,5-7H2,1-4H3/t11-,12-/m1/s1. The van der Waals surface area contributed by atoms with Crippen molar-refractivity contribution in [2.24, 2.45) is 0 Å². The molecule has 0 aromatic carbocycles. The zero-order chi connectivity index (χ0) is 15.8. The fourth-order valence-electron chi connectivity index (χ4n) is 2.66. The van der Waals surface area contributed by atoms with E-state index in [4.69, 9.17) is 4.74 Å². The molecule has 1 aromatic rings. The number of aliphatic hydroxyl groups excluding tert-OH is 1. The van der Waals surface area contributed by atoms with Crippen LogP contribution in [0.2, 0.25) is 0 Å². The van der Waals surface area contributed by atoms with Gasteiger partial charge in [0, 0.05) is 12.6 Å². The lowest BCUT2D eigenvalue weighted by molar-refractivity contribution is -0.0222. The Labute approximate surface area is 125 Å². The lowest BCUT2D eigenvalue weighted by atomic mass is 10.1. The summed E-state index contributed by atoms with van der Waals surface area (Å²) in [6, 6.07) is -0.439. The van der Waals surface area contributed by atoms with Crippen LogP contribution in [0.4, 0.5) is 0 Å². The lowest BCUT2D eigenvalue weighted by Crippen LogP contribution is -2.48. The van der Waals surface area contributed by atoms with Crippen molar-refractivity contribution >= 4 is 10.0 Å². The third kappa shape index (κ3) is 3.28. The normalized spacial score (nSPS) is 23.7. The van der Waals surface area contributed by atoms with Crippen LogP contribution in [0.3, 0.4) is 0 Å². The summed E-state index contributed by atoms with van der Waals surface area (Å²) in [4.78, 5) is 0.204. The minimum atomic E-state index is -3.72. The van der Waals surface area contributed by atoms with Crippen LogP contribution in [-0.2, 0) is 14.8 Å². The van der Waals surface area contributed by atoms with E-state index in [0.717, 1.165) is 0 Å². The maximum atomic E-state index is 12.6. The quantitative estimate of drug-likeness (QED) is 0.844. The highest BCUT2D eigenvalue weighted by molar-refractivity contribution is 7.89. The van der Waals surface area contributed by atoms with E-state index >= 15 is 0 Å². The zero-order valence-electron chi connectivity index (χ0n) is 12.8. The number of hydrogen-bond acceptors (Lipinski definition) is 5. The first-order valence-corrected chi connectivity index (χ1v) is 8.56. The summed E-state index contributed by atoms with van der Waals surface area (Å²) in [5, 5.41) is 14.1. The molecule has 1 aliphatic heterocycles. The van der Waals surface area contributed by atoms with Crippen molar-refractivity contribution < 1.29 is 18.3 Å². The molecule has 2 heterocycles. The van der Waals surface area contributed by atoms with Gasteiger partial charge < -0.3 is 9.84 Å². The highest BCUT2D eigenvalue weighted by atomic mass is 32.2. The molecule has 0 radical (unpaired) electrons. The largest absolute Gasteiger partial charge is 0.389 e. The average molecular weight is 317 g/mol. The molecule has 0 unspecified atom stereocenters. The molecule has 0 amide bonds. The molecule has 120 valence electrons. The average Bonchev–Trinajstić information content (AvgIpc) is 2.68. The number of rotatable bonds is 4. The third-order valence-electron chi connectivity index (χ3n) is 3.65. The van der Waals surface area contributed by atoms with E-state index in [-0.39, 0.29) is 17.5 Å². The number of aryl methyl sites for hydroxylation is 1. The predicted octanol–water partition coefficient (Wildman–Crippen LogP) is 0.509. The Morgan fingerprint density at radius 2 is 2.10 bits per heavy atom. The fourth-order valence-corrected chi connectivity index (χ4v) is 4.36. The Balaban J connectivity index is 2.31. The van der Waals surface area contributed by atoms with Gasteiger partial charge in [-0.1, -0.05) is 0 Å². The molecule has 21 heavy (non-hydrogen) atoms. The SMILES string of the molecule is Cc1nn(C(C)C)c(C)c1S(=O)(=O)N[C@@H]1CCOC[C@H]1O. The molecule has 0 aliphatic carbocycles. The first-order valence-electron chi connectivity index (χ1n) is 7.08. The molecule has 1 fully saturated rings. The maximum absolute atomic E-state index is 12.6. The highest BCUT2D eigenvalue weighted by Crippen LogP contribution is 2.23.